The Morgan fingerprint density at radius 3 is 2.64 bits per heavy atom. The molecule has 0 bridgehead atoms. The van der Waals surface area contributed by atoms with Crippen molar-refractivity contribution in [3.8, 4) is 28.3 Å². The SMILES string of the molecule is COc1nc(-c2cccc(-c3cccc(Nc4nc(C)cc5cnn(C)c(=O)c45)c3C)c2Cl)cc2c1[C@@H](N1CC[C@@]3(CCCC(=O)N3)C1)CC2. The highest BCUT2D eigenvalue weighted by Gasteiger charge is 2.45. The number of fused-ring (bicyclic) bond motifs is 2. The van der Waals surface area contributed by atoms with Crippen LogP contribution in [-0.4, -0.2) is 56.3 Å². The second kappa shape index (κ2) is 12.5. The molecule has 11 heteroatoms. The van der Waals surface area contributed by atoms with E-state index in [1.54, 1.807) is 20.4 Å². The molecule has 2 N–H and O–H groups in total. The fourth-order valence-corrected chi connectivity index (χ4v) is 8.66. The summed E-state index contributed by atoms with van der Waals surface area (Å²) in [6, 6.07) is 16.3. The van der Waals surface area contributed by atoms with Gasteiger partial charge in [-0.3, -0.25) is 14.5 Å². The minimum Gasteiger partial charge on any atom is -0.481 e. The molecule has 3 aromatic heterocycles. The fourth-order valence-electron chi connectivity index (χ4n) is 8.33. The molecule has 5 aromatic rings. The molecule has 50 heavy (non-hydrogen) atoms. The van der Waals surface area contributed by atoms with E-state index in [4.69, 9.17) is 26.3 Å². The molecular formula is C39H40ClN7O3. The Hall–Kier alpha value is -4.80. The van der Waals surface area contributed by atoms with Crippen molar-refractivity contribution in [3.05, 3.63) is 92.5 Å². The second-order valence-corrected chi connectivity index (χ2v) is 14.3. The molecule has 8 rings (SSSR count). The van der Waals surface area contributed by atoms with Gasteiger partial charge in [0.1, 0.15) is 5.82 Å². The van der Waals surface area contributed by atoms with Crippen LogP contribution in [-0.2, 0) is 18.3 Å². The minimum absolute atomic E-state index is 0.115. The number of ether oxygens (including phenoxy) is 1. The van der Waals surface area contributed by atoms with Crippen LogP contribution < -0.4 is 20.9 Å². The lowest BCUT2D eigenvalue weighted by atomic mass is 9.88. The first kappa shape index (κ1) is 32.4. The van der Waals surface area contributed by atoms with Crippen LogP contribution in [0.5, 0.6) is 5.88 Å². The van der Waals surface area contributed by atoms with E-state index < -0.39 is 0 Å². The average molecular weight is 690 g/mol. The summed E-state index contributed by atoms with van der Waals surface area (Å²) in [5, 5.41) is 12.8. The highest BCUT2D eigenvalue weighted by molar-refractivity contribution is 6.36. The molecule has 2 aromatic carbocycles. The monoisotopic (exact) mass is 689 g/mol. The number of pyridine rings is 2. The van der Waals surface area contributed by atoms with Gasteiger partial charge in [0.05, 0.1) is 34.9 Å². The summed E-state index contributed by atoms with van der Waals surface area (Å²) in [5.74, 6) is 1.30. The average Bonchev–Trinajstić information content (AvgIpc) is 3.71. The molecule has 5 heterocycles. The predicted molar refractivity (Wildman–Crippen MR) is 196 cm³/mol. The maximum atomic E-state index is 13.1. The van der Waals surface area contributed by atoms with Gasteiger partial charge < -0.3 is 15.4 Å². The number of hydrogen-bond donors (Lipinski definition) is 2. The van der Waals surface area contributed by atoms with E-state index in [2.05, 4.69) is 32.8 Å². The molecule has 2 atom stereocenters. The van der Waals surface area contributed by atoms with Crippen LogP contribution in [0, 0.1) is 13.8 Å². The Morgan fingerprint density at radius 2 is 1.82 bits per heavy atom. The van der Waals surface area contributed by atoms with Crippen molar-refractivity contribution in [1.29, 1.82) is 0 Å². The number of benzene rings is 2. The number of rotatable bonds is 6. The van der Waals surface area contributed by atoms with Gasteiger partial charge in [-0.05, 0) is 80.8 Å². The van der Waals surface area contributed by atoms with Gasteiger partial charge in [0.25, 0.3) is 5.56 Å². The number of piperidine rings is 1. The maximum Gasteiger partial charge on any atom is 0.278 e. The first-order valence-electron chi connectivity index (χ1n) is 17.3. The van der Waals surface area contributed by atoms with E-state index in [1.807, 2.05) is 50.2 Å². The summed E-state index contributed by atoms with van der Waals surface area (Å²) in [7, 11) is 3.32. The van der Waals surface area contributed by atoms with Crippen LogP contribution in [0.3, 0.4) is 0 Å². The Kier molecular flexibility index (Phi) is 8.11. The van der Waals surface area contributed by atoms with Crippen molar-refractivity contribution < 1.29 is 9.53 Å². The maximum absolute atomic E-state index is 13.1. The standard InChI is InChI=1S/C39H40ClN7O3/c1-22-18-25-20-41-46(3)38(49)34(25)36(42-22)43-29-11-6-8-26(23(29)2)27-9-5-10-28(35(27)40)30-19-24-13-14-31(33(24)37(44-30)50-4)47-17-16-39(21-47)15-7-12-32(48)45-39/h5-6,8-11,18-20,31H,7,12-17,21H2,1-4H3,(H,42,43)(H,45,48)/t31-,39-/m0/s1. The number of carbonyl (C=O) groups excluding carboxylic acids is 1. The summed E-state index contributed by atoms with van der Waals surface area (Å²) in [5.41, 5.74) is 8.07. The summed E-state index contributed by atoms with van der Waals surface area (Å²) >= 11 is 7.27. The van der Waals surface area contributed by atoms with E-state index in [0.29, 0.717) is 28.5 Å². The number of nitrogens with zero attached hydrogens (tertiary/aromatic N) is 5. The number of hydrogen-bond acceptors (Lipinski definition) is 8. The van der Waals surface area contributed by atoms with Crippen LogP contribution in [0.4, 0.5) is 11.5 Å². The van der Waals surface area contributed by atoms with Crippen LogP contribution in [0.1, 0.15) is 60.5 Å². The van der Waals surface area contributed by atoms with E-state index in [1.165, 1.54) is 10.2 Å². The van der Waals surface area contributed by atoms with Crippen molar-refractivity contribution >= 4 is 39.8 Å². The summed E-state index contributed by atoms with van der Waals surface area (Å²) in [6.45, 7) is 5.74. The predicted octanol–water partition coefficient (Wildman–Crippen LogP) is 6.81. The third-order valence-electron chi connectivity index (χ3n) is 10.8. The number of nitrogens with one attached hydrogen (secondary N) is 2. The lowest BCUT2D eigenvalue weighted by molar-refractivity contribution is -0.125. The van der Waals surface area contributed by atoms with E-state index in [9.17, 15) is 9.59 Å². The third-order valence-corrected chi connectivity index (χ3v) is 11.2. The normalized spacial score (nSPS) is 20.3. The number of likely N-dealkylation sites (tertiary alicyclic amines) is 1. The van der Waals surface area contributed by atoms with Gasteiger partial charge in [0.2, 0.25) is 11.8 Å². The number of anilines is 2. The van der Waals surface area contributed by atoms with Crippen molar-refractivity contribution in [2.75, 3.05) is 25.5 Å². The zero-order valence-corrected chi connectivity index (χ0v) is 29.5. The smallest absolute Gasteiger partial charge is 0.278 e. The van der Waals surface area contributed by atoms with Gasteiger partial charge in [0, 0.05) is 66.1 Å². The molecule has 10 nitrogen and oxygen atoms in total. The fraction of sp³-hybridized carbons (Fsp3) is 0.359. The summed E-state index contributed by atoms with van der Waals surface area (Å²) < 4.78 is 7.29. The molecular weight excluding hydrogens is 650 g/mol. The van der Waals surface area contributed by atoms with E-state index in [-0.39, 0.29) is 23.0 Å². The number of methoxy groups -OCH3 is 1. The Balaban J connectivity index is 1.12. The highest BCUT2D eigenvalue weighted by atomic mass is 35.5. The molecule has 3 aliphatic rings. The molecule has 1 amide bonds. The summed E-state index contributed by atoms with van der Waals surface area (Å²) in [4.78, 5) is 37.6. The number of amides is 1. The lowest BCUT2D eigenvalue weighted by Gasteiger charge is -2.35. The van der Waals surface area contributed by atoms with Crippen LogP contribution in [0.15, 0.2) is 59.5 Å². The molecule has 0 saturated carbocycles. The second-order valence-electron chi connectivity index (χ2n) is 14.0. The van der Waals surface area contributed by atoms with Crippen molar-refractivity contribution in [2.24, 2.45) is 7.05 Å². The van der Waals surface area contributed by atoms with Crippen molar-refractivity contribution in [3.63, 3.8) is 0 Å². The molecule has 0 unspecified atom stereocenters. The van der Waals surface area contributed by atoms with E-state index in [0.717, 1.165) is 95.5 Å². The third kappa shape index (κ3) is 5.51. The van der Waals surface area contributed by atoms with Gasteiger partial charge in [-0.1, -0.05) is 41.9 Å². The number of aryl methyl sites for hydroxylation is 3. The quantitative estimate of drug-likeness (QED) is 0.200. The van der Waals surface area contributed by atoms with Crippen molar-refractivity contribution in [2.45, 2.75) is 64.0 Å². The number of aromatic nitrogens is 4. The molecule has 1 spiro atoms. The first-order valence-corrected chi connectivity index (χ1v) is 17.6. The zero-order valence-electron chi connectivity index (χ0n) is 28.8. The Morgan fingerprint density at radius 1 is 1.02 bits per heavy atom. The molecule has 2 saturated heterocycles. The topological polar surface area (TPSA) is 114 Å². The Labute approximate surface area is 295 Å². The highest BCUT2D eigenvalue weighted by Crippen LogP contribution is 2.47. The van der Waals surface area contributed by atoms with Gasteiger partial charge in [0.15, 0.2) is 0 Å². The summed E-state index contributed by atoms with van der Waals surface area (Å²) in [6.07, 6.45) is 7.19. The van der Waals surface area contributed by atoms with Crippen LogP contribution in [0.2, 0.25) is 5.02 Å². The lowest BCUT2D eigenvalue weighted by Crippen LogP contribution is -2.53. The van der Waals surface area contributed by atoms with Crippen LogP contribution in [0.25, 0.3) is 33.2 Å². The van der Waals surface area contributed by atoms with Crippen LogP contribution >= 0.6 is 11.6 Å². The zero-order chi connectivity index (χ0) is 34.7. The molecule has 2 aliphatic heterocycles. The number of halogens is 1. The molecule has 256 valence electrons. The van der Waals surface area contributed by atoms with Gasteiger partial charge >= 0.3 is 0 Å². The van der Waals surface area contributed by atoms with Gasteiger partial charge in [-0.15, -0.1) is 0 Å². The largest absolute Gasteiger partial charge is 0.481 e. The minimum atomic E-state index is -0.215. The molecule has 0 radical (unpaired) electrons. The number of carbonyl (C=O) groups is 1. The Bertz CT molecular complexity index is 2250. The van der Waals surface area contributed by atoms with Gasteiger partial charge in [-0.25, -0.2) is 14.6 Å². The molecule has 2 fully saturated rings. The van der Waals surface area contributed by atoms with E-state index >= 15 is 0 Å². The van der Waals surface area contributed by atoms with Crippen molar-refractivity contribution in [1.82, 2.24) is 30.0 Å². The first-order chi connectivity index (χ1) is 24.1. The van der Waals surface area contributed by atoms with Gasteiger partial charge in [-0.2, -0.15) is 5.10 Å². The molecule has 1 aliphatic carbocycles.